The number of carbonyl (C=O) groups excluding carboxylic acids is 1. The maximum atomic E-state index is 11.4. The van der Waals surface area contributed by atoms with Gasteiger partial charge in [0.1, 0.15) is 6.61 Å². The van der Waals surface area contributed by atoms with Crippen LogP contribution in [0.3, 0.4) is 0 Å². The highest BCUT2D eigenvalue weighted by atomic mass is 16.6. The summed E-state index contributed by atoms with van der Waals surface area (Å²) in [7, 11) is 0. The molecule has 0 heterocycles. The van der Waals surface area contributed by atoms with Crippen LogP contribution in [0.5, 0.6) is 0 Å². The number of hydrogen-bond acceptors (Lipinski definition) is 4. The molecule has 0 spiro atoms. The summed E-state index contributed by atoms with van der Waals surface area (Å²) in [6.45, 7) is 6.34. The quantitative estimate of drug-likeness (QED) is 0.725. The third kappa shape index (κ3) is 3.76. The van der Waals surface area contributed by atoms with Crippen LogP contribution in [0.4, 0.5) is 0 Å². The SMILES string of the molecule is CC1CCC(CN)(OCC(=O)OC(C)C)C1. The fourth-order valence-electron chi connectivity index (χ4n) is 2.23. The summed E-state index contributed by atoms with van der Waals surface area (Å²) in [5.74, 6) is 0.326. The summed E-state index contributed by atoms with van der Waals surface area (Å²) in [5.41, 5.74) is 5.45. The van der Waals surface area contributed by atoms with Gasteiger partial charge >= 0.3 is 5.97 Å². The topological polar surface area (TPSA) is 61.5 Å². The van der Waals surface area contributed by atoms with E-state index in [0.29, 0.717) is 12.5 Å². The third-order valence-electron chi connectivity index (χ3n) is 3.05. The molecule has 2 unspecified atom stereocenters. The van der Waals surface area contributed by atoms with Crippen molar-refractivity contribution in [2.24, 2.45) is 11.7 Å². The Labute approximate surface area is 97.5 Å². The molecule has 4 nitrogen and oxygen atoms in total. The largest absolute Gasteiger partial charge is 0.461 e. The minimum atomic E-state index is -0.303. The molecule has 94 valence electrons. The Morgan fingerprint density at radius 2 is 2.25 bits per heavy atom. The van der Waals surface area contributed by atoms with Gasteiger partial charge in [0.15, 0.2) is 0 Å². The summed E-state index contributed by atoms with van der Waals surface area (Å²) >= 11 is 0. The van der Waals surface area contributed by atoms with Crippen molar-refractivity contribution < 1.29 is 14.3 Å². The van der Waals surface area contributed by atoms with Gasteiger partial charge in [-0.05, 0) is 39.0 Å². The van der Waals surface area contributed by atoms with Gasteiger partial charge in [-0.1, -0.05) is 6.92 Å². The van der Waals surface area contributed by atoms with E-state index in [0.717, 1.165) is 19.3 Å². The lowest BCUT2D eigenvalue weighted by atomic mass is 10.0. The maximum Gasteiger partial charge on any atom is 0.332 e. The van der Waals surface area contributed by atoms with E-state index in [9.17, 15) is 4.79 Å². The molecule has 4 heteroatoms. The fourth-order valence-corrected chi connectivity index (χ4v) is 2.23. The second kappa shape index (κ2) is 5.64. The van der Waals surface area contributed by atoms with Gasteiger partial charge in [-0.25, -0.2) is 4.79 Å². The Kier molecular flexibility index (Phi) is 4.74. The molecule has 0 saturated heterocycles. The molecule has 0 bridgehead atoms. The van der Waals surface area contributed by atoms with E-state index in [4.69, 9.17) is 15.2 Å². The van der Waals surface area contributed by atoms with Gasteiger partial charge in [-0.3, -0.25) is 0 Å². The highest BCUT2D eigenvalue weighted by Gasteiger charge is 2.37. The molecule has 0 amide bonds. The third-order valence-corrected chi connectivity index (χ3v) is 3.05. The van der Waals surface area contributed by atoms with Crippen LogP contribution in [0.25, 0.3) is 0 Å². The molecule has 0 aromatic heterocycles. The summed E-state index contributed by atoms with van der Waals surface area (Å²) in [6, 6.07) is 0. The van der Waals surface area contributed by atoms with Gasteiger partial charge in [-0.15, -0.1) is 0 Å². The second-order valence-corrected chi connectivity index (χ2v) is 5.06. The Bertz CT molecular complexity index is 242. The number of carbonyl (C=O) groups is 1. The van der Waals surface area contributed by atoms with Crippen LogP contribution in [0.1, 0.15) is 40.0 Å². The lowest BCUT2D eigenvalue weighted by Gasteiger charge is -2.27. The van der Waals surface area contributed by atoms with Crippen LogP contribution < -0.4 is 5.73 Å². The van der Waals surface area contributed by atoms with E-state index in [-0.39, 0.29) is 24.3 Å². The number of nitrogens with two attached hydrogens (primary N) is 1. The molecule has 2 atom stereocenters. The molecule has 1 aliphatic rings. The average molecular weight is 229 g/mol. The first-order valence-electron chi connectivity index (χ1n) is 6.01. The Hall–Kier alpha value is -0.610. The van der Waals surface area contributed by atoms with E-state index in [1.807, 2.05) is 13.8 Å². The predicted octanol–water partition coefficient (Wildman–Crippen LogP) is 1.47. The van der Waals surface area contributed by atoms with Crippen LogP contribution in [-0.2, 0) is 14.3 Å². The van der Waals surface area contributed by atoms with E-state index in [1.54, 1.807) is 0 Å². The normalized spacial score (nSPS) is 29.7. The molecule has 1 saturated carbocycles. The van der Waals surface area contributed by atoms with Crippen molar-refractivity contribution >= 4 is 5.97 Å². The van der Waals surface area contributed by atoms with Crippen molar-refractivity contribution in [2.45, 2.75) is 51.7 Å². The molecule has 0 aromatic carbocycles. The van der Waals surface area contributed by atoms with Crippen molar-refractivity contribution in [3.63, 3.8) is 0 Å². The van der Waals surface area contributed by atoms with E-state index in [2.05, 4.69) is 6.92 Å². The molecule has 1 fully saturated rings. The number of ether oxygens (including phenoxy) is 2. The summed E-state index contributed by atoms with van der Waals surface area (Å²) in [4.78, 5) is 11.4. The Morgan fingerprint density at radius 3 is 2.69 bits per heavy atom. The highest BCUT2D eigenvalue weighted by Crippen LogP contribution is 2.36. The lowest BCUT2D eigenvalue weighted by molar-refractivity contribution is -0.159. The smallest absolute Gasteiger partial charge is 0.332 e. The van der Waals surface area contributed by atoms with Gasteiger partial charge in [0.2, 0.25) is 0 Å². The van der Waals surface area contributed by atoms with E-state index < -0.39 is 0 Å². The minimum absolute atomic E-state index is 0.0160. The molecular weight excluding hydrogens is 206 g/mol. The first kappa shape index (κ1) is 13.5. The zero-order chi connectivity index (χ0) is 12.2. The van der Waals surface area contributed by atoms with Crippen molar-refractivity contribution in [1.29, 1.82) is 0 Å². The monoisotopic (exact) mass is 229 g/mol. The molecule has 2 N–H and O–H groups in total. The van der Waals surface area contributed by atoms with Crippen molar-refractivity contribution in [1.82, 2.24) is 0 Å². The molecular formula is C12H23NO3. The van der Waals surface area contributed by atoms with Crippen LogP contribution in [0.2, 0.25) is 0 Å². The Morgan fingerprint density at radius 1 is 1.56 bits per heavy atom. The molecule has 0 aromatic rings. The summed E-state index contributed by atoms with van der Waals surface area (Å²) in [6.07, 6.45) is 2.92. The van der Waals surface area contributed by atoms with Gasteiger partial charge in [-0.2, -0.15) is 0 Å². The highest BCUT2D eigenvalue weighted by molar-refractivity contribution is 5.70. The lowest BCUT2D eigenvalue weighted by Crippen LogP contribution is -2.40. The van der Waals surface area contributed by atoms with Crippen molar-refractivity contribution in [3.8, 4) is 0 Å². The van der Waals surface area contributed by atoms with Crippen LogP contribution in [-0.4, -0.2) is 30.8 Å². The van der Waals surface area contributed by atoms with Gasteiger partial charge in [0.25, 0.3) is 0 Å². The zero-order valence-electron chi connectivity index (χ0n) is 10.5. The van der Waals surface area contributed by atoms with E-state index in [1.165, 1.54) is 0 Å². The number of hydrogen-bond donors (Lipinski definition) is 1. The number of esters is 1. The van der Waals surface area contributed by atoms with Gasteiger partial charge in [0, 0.05) is 6.54 Å². The maximum absolute atomic E-state index is 11.4. The van der Waals surface area contributed by atoms with Crippen LogP contribution in [0, 0.1) is 5.92 Å². The standard InChI is InChI=1S/C12H23NO3/c1-9(2)16-11(14)7-15-12(8-13)5-4-10(3)6-12/h9-10H,4-8,13H2,1-3H3. The zero-order valence-corrected chi connectivity index (χ0v) is 10.5. The average Bonchev–Trinajstić information content (AvgIpc) is 2.57. The molecule has 0 radical (unpaired) electrons. The van der Waals surface area contributed by atoms with Crippen molar-refractivity contribution in [2.75, 3.05) is 13.2 Å². The van der Waals surface area contributed by atoms with E-state index >= 15 is 0 Å². The molecule has 1 rings (SSSR count). The van der Waals surface area contributed by atoms with Crippen LogP contribution >= 0.6 is 0 Å². The van der Waals surface area contributed by atoms with Crippen LogP contribution in [0.15, 0.2) is 0 Å². The summed E-state index contributed by atoms with van der Waals surface area (Å²) < 4.78 is 10.7. The molecule has 16 heavy (non-hydrogen) atoms. The van der Waals surface area contributed by atoms with Gasteiger partial charge < -0.3 is 15.2 Å². The summed E-state index contributed by atoms with van der Waals surface area (Å²) in [5, 5.41) is 0. The number of rotatable bonds is 5. The Balaban J connectivity index is 2.37. The second-order valence-electron chi connectivity index (χ2n) is 5.06. The fraction of sp³-hybridized carbons (Fsp3) is 0.917. The predicted molar refractivity (Wildman–Crippen MR) is 62.0 cm³/mol. The van der Waals surface area contributed by atoms with Gasteiger partial charge in [0.05, 0.1) is 11.7 Å². The van der Waals surface area contributed by atoms with Crippen molar-refractivity contribution in [3.05, 3.63) is 0 Å². The first-order valence-corrected chi connectivity index (χ1v) is 6.01. The molecule has 1 aliphatic carbocycles. The first-order chi connectivity index (χ1) is 7.47. The minimum Gasteiger partial charge on any atom is -0.461 e. The molecule has 0 aliphatic heterocycles.